The number of nitrogens with zero attached hydrogens (tertiary/aromatic N) is 1. The summed E-state index contributed by atoms with van der Waals surface area (Å²) in [5, 5.41) is 7.54. The minimum Gasteiger partial charge on any atom is -0.493 e. The first-order chi connectivity index (χ1) is 13.5. The van der Waals surface area contributed by atoms with E-state index in [-0.39, 0.29) is 6.04 Å². The van der Waals surface area contributed by atoms with E-state index in [9.17, 15) is 0 Å². The summed E-state index contributed by atoms with van der Waals surface area (Å²) in [5.74, 6) is 2.20. The van der Waals surface area contributed by atoms with Crippen LogP contribution in [0, 0.1) is 20.8 Å². The van der Waals surface area contributed by atoms with Crippen LogP contribution in [0.3, 0.4) is 0 Å². The molecule has 0 aliphatic heterocycles. The lowest BCUT2D eigenvalue weighted by atomic mass is 10.0. The molecule has 0 amide bonds. The third kappa shape index (κ3) is 4.54. The van der Waals surface area contributed by atoms with Gasteiger partial charge in [-0.15, -0.1) is 0 Å². The molecule has 148 valence electrons. The van der Waals surface area contributed by atoms with Gasteiger partial charge in [0.05, 0.1) is 18.4 Å². The lowest BCUT2D eigenvalue weighted by Gasteiger charge is -2.17. The molecule has 0 saturated heterocycles. The van der Waals surface area contributed by atoms with Crippen LogP contribution in [0.5, 0.6) is 11.5 Å². The highest BCUT2D eigenvalue weighted by Gasteiger charge is 2.13. The Balaban J connectivity index is 1.65. The molecule has 0 aliphatic carbocycles. The summed E-state index contributed by atoms with van der Waals surface area (Å²) in [7, 11) is 1.66. The van der Waals surface area contributed by atoms with Crippen LogP contribution in [0.15, 0.2) is 47.0 Å². The predicted octanol–water partition coefficient (Wildman–Crippen LogP) is 5.04. The van der Waals surface area contributed by atoms with Crippen LogP contribution in [0.2, 0.25) is 0 Å². The Morgan fingerprint density at radius 2 is 1.86 bits per heavy atom. The van der Waals surface area contributed by atoms with Gasteiger partial charge < -0.3 is 19.3 Å². The first-order valence-corrected chi connectivity index (χ1v) is 9.50. The molecule has 1 atom stereocenters. The van der Waals surface area contributed by atoms with Crippen molar-refractivity contribution in [3.8, 4) is 11.5 Å². The topological polar surface area (TPSA) is 56.5 Å². The quantitative estimate of drug-likeness (QED) is 0.593. The van der Waals surface area contributed by atoms with Crippen molar-refractivity contribution in [3.05, 3.63) is 76.2 Å². The number of aromatic nitrogens is 1. The van der Waals surface area contributed by atoms with E-state index in [4.69, 9.17) is 14.0 Å². The van der Waals surface area contributed by atoms with Gasteiger partial charge in [0, 0.05) is 12.6 Å². The van der Waals surface area contributed by atoms with Gasteiger partial charge in [0.1, 0.15) is 12.4 Å². The molecule has 0 aliphatic rings. The highest BCUT2D eigenvalue weighted by molar-refractivity contribution is 5.43. The highest BCUT2D eigenvalue weighted by Crippen LogP contribution is 2.30. The van der Waals surface area contributed by atoms with Crippen LogP contribution < -0.4 is 14.8 Å². The Hall–Kier alpha value is -2.79. The van der Waals surface area contributed by atoms with Crippen molar-refractivity contribution >= 4 is 0 Å². The number of aryl methyl sites for hydroxylation is 3. The molecule has 3 rings (SSSR count). The van der Waals surface area contributed by atoms with Crippen LogP contribution in [0.4, 0.5) is 0 Å². The van der Waals surface area contributed by atoms with Gasteiger partial charge in [-0.2, -0.15) is 0 Å². The summed E-state index contributed by atoms with van der Waals surface area (Å²) in [5.41, 5.74) is 5.57. The van der Waals surface area contributed by atoms with Crippen LogP contribution in [0.25, 0.3) is 0 Å². The molecule has 1 N–H and O–H groups in total. The van der Waals surface area contributed by atoms with Crippen LogP contribution in [-0.2, 0) is 13.2 Å². The molecule has 3 aromatic rings. The second-order valence-corrected chi connectivity index (χ2v) is 7.04. The molecule has 1 aromatic heterocycles. The van der Waals surface area contributed by atoms with Crippen LogP contribution in [0.1, 0.15) is 46.7 Å². The zero-order chi connectivity index (χ0) is 20.1. The average Bonchev–Trinajstić information content (AvgIpc) is 3.02. The Morgan fingerprint density at radius 1 is 1.07 bits per heavy atom. The Kier molecular flexibility index (Phi) is 6.37. The molecule has 0 fully saturated rings. The molecule has 2 aromatic carbocycles. The van der Waals surface area contributed by atoms with E-state index in [0.717, 1.165) is 34.9 Å². The van der Waals surface area contributed by atoms with Crippen molar-refractivity contribution < 1.29 is 14.0 Å². The molecular weight excluding hydrogens is 352 g/mol. The van der Waals surface area contributed by atoms with Gasteiger partial charge in [0.15, 0.2) is 11.5 Å². The third-order valence-electron chi connectivity index (χ3n) is 5.05. The zero-order valence-corrected chi connectivity index (χ0v) is 17.2. The van der Waals surface area contributed by atoms with Crippen molar-refractivity contribution in [3.63, 3.8) is 0 Å². The number of rotatable bonds is 8. The molecule has 1 unspecified atom stereocenters. The minimum atomic E-state index is 0.266. The van der Waals surface area contributed by atoms with Crippen molar-refractivity contribution in [2.24, 2.45) is 0 Å². The number of benzene rings is 2. The first kappa shape index (κ1) is 20.0. The lowest BCUT2D eigenvalue weighted by molar-refractivity contribution is 0.281. The molecule has 0 saturated carbocycles. The molecule has 0 bridgehead atoms. The van der Waals surface area contributed by atoms with Gasteiger partial charge >= 0.3 is 0 Å². The highest BCUT2D eigenvalue weighted by atomic mass is 16.5. The van der Waals surface area contributed by atoms with E-state index in [1.54, 1.807) is 7.11 Å². The largest absolute Gasteiger partial charge is 0.493 e. The Morgan fingerprint density at radius 3 is 2.54 bits per heavy atom. The number of nitrogens with one attached hydrogen (secondary N) is 1. The average molecular weight is 380 g/mol. The van der Waals surface area contributed by atoms with Gasteiger partial charge in [-0.3, -0.25) is 0 Å². The number of hydrogen-bond donors (Lipinski definition) is 1. The van der Waals surface area contributed by atoms with Crippen molar-refractivity contribution in [1.82, 2.24) is 10.5 Å². The van der Waals surface area contributed by atoms with E-state index in [1.807, 2.05) is 26.0 Å². The van der Waals surface area contributed by atoms with E-state index >= 15 is 0 Å². The zero-order valence-electron chi connectivity index (χ0n) is 17.2. The second-order valence-electron chi connectivity index (χ2n) is 7.04. The third-order valence-corrected chi connectivity index (χ3v) is 5.05. The standard InChI is InChI=1S/C23H28N2O3/c1-15-8-6-7-9-20(15)16(2)24-13-19-10-11-22(23(12-19)26-5)27-14-21-17(3)25-28-18(21)4/h6-12,16,24H,13-14H2,1-5H3. The summed E-state index contributed by atoms with van der Waals surface area (Å²) in [6, 6.07) is 14.7. The van der Waals surface area contributed by atoms with Gasteiger partial charge in [0.2, 0.25) is 0 Å². The normalized spacial score (nSPS) is 12.0. The monoisotopic (exact) mass is 380 g/mol. The Labute approximate surface area is 166 Å². The molecule has 5 nitrogen and oxygen atoms in total. The molecular formula is C23H28N2O3. The van der Waals surface area contributed by atoms with Gasteiger partial charge in [-0.25, -0.2) is 0 Å². The SMILES string of the molecule is COc1cc(CNC(C)c2ccccc2C)ccc1OCc1c(C)noc1C. The Bertz CT molecular complexity index is 914. The van der Waals surface area contributed by atoms with E-state index in [2.05, 4.69) is 54.7 Å². The van der Waals surface area contributed by atoms with Gasteiger partial charge in [-0.1, -0.05) is 35.5 Å². The summed E-state index contributed by atoms with van der Waals surface area (Å²) in [6.45, 7) is 9.27. The summed E-state index contributed by atoms with van der Waals surface area (Å²) >= 11 is 0. The number of hydrogen-bond acceptors (Lipinski definition) is 5. The maximum absolute atomic E-state index is 5.95. The summed E-state index contributed by atoms with van der Waals surface area (Å²) < 4.78 is 16.7. The van der Waals surface area contributed by atoms with E-state index in [0.29, 0.717) is 12.4 Å². The maximum Gasteiger partial charge on any atom is 0.161 e. The fraction of sp³-hybridized carbons (Fsp3) is 0.348. The van der Waals surface area contributed by atoms with Gasteiger partial charge in [0.25, 0.3) is 0 Å². The van der Waals surface area contributed by atoms with Crippen LogP contribution >= 0.6 is 0 Å². The van der Waals surface area contributed by atoms with E-state index in [1.165, 1.54) is 11.1 Å². The van der Waals surface area contributed by atoms with Crippen molar-refractivity contribution in [1.29, 1.82) is 0 Å². The van der Waals surface area contributed by atoms with Crippen molar-refractivity contribution in [2.45, 2.75) is 46.9 Å². The van der Waals surface area contributed by atoms with Crippen molar-refractivity contribution in [2.75, 3.05) is 7.11 Å². The molecule has 0 radical (unpaired) electrons. The molecule has 28 heavy (non-hydrogen) atoms. The first-order valence-electron chi connectivity index (χ1n) is 9.50. The minimum absolute atomic E-state index is 0.266. The summed E-state index contributed by atoms with van der Waals surface area (Å²) in [6.07, 6.45) is 0. The fourth-order valence-corrected chi connectivity index (χ4v) is 3.25. The van der Waals surface area contributed by atoms with E-state index < -0.39 is 0 Å². The molecule has 5 heteroatoms. The number of methoxy groups -OCH3 is 1. The smallest absolute Gasteiger partial charge is 0.161 e. The summed E-state index contributed by atoms with van der Waals surface area (Å²) in [4.78, 5) is 0. The maximum atomic E-state index is 5.95. The molecule has 1 heterocycles. The van der Waals surface area contributed by atoms with Crippen LogP contribution in [-0.4, -0.2) is 12.3 Å². The fourth-order valence-electron chi connectivity index (χ4n) is 3.25. The lowest BCUT2D eigenvalue weighted by Crippen LogP contribution is -2.18. The number of ether oxygens (including phenoxy) is 2. The second kappa shape index (κ2) is 8.93. The van der Waals surface area contributed by atoms with Gasteiger partial charge in [-0.05, 0) is 56.5 Å². The molecule has 0 spiro atoms. The predicted molar refractivity (Wildman–Crippen MR) is 110 cm³/mol.